The number of benzene rings is 2. The van der Waals surface area contributed by atoms with E-state index in [1.807, 2.05) is 49.4 Å². The molecule has 1 unspecified atom stereocenters. The molecule has 2 aromatic carbocycles. The number of hydrogen-bond donors (Lipinski definition) is 0. The van der Waals surface area contributed by atoms with Gasteiger partial charge in [-0.2, -0.15) is 10.1 Å². The number of para-hydroxylation sites is 1. The third kappa shape index (κ3) is 2.29. The van der Waals surface area contributed by atoms with Gasteiger partial charge in [-0.1, -0.05) is 35.9 Å². The molecule has 1 amide bonds. The lowest BCUT2D eigenvalue weighted by atomic mass is 9.90. The Morgan fingerprint density at radius 2 is 1.80 bits per heavy atom. The van der Waals surface area contributed by atoms with Crippen molar-refractivity contribution >= 4 is 23.0 Å². The van der Waals surface area contributed by atoms with Crippen LogP contribution < -0.4 is 5.01 Å². The fourth-order valence-electron chi connectivity index (χ4n) is 3.14. The van der Waals surface area contributed by atoms with E-state index in [0.29, 0.717) is 22.0 Å². The number of nitrogens with zero attached hydrogens (tertiary/aromatic N) is 3. The maximum Gasteiger partial charge on any atom is 0.276 e. The Balaban J connectivity index is 1.68. The van der Waals surface area contributed by atoms with Crippen molar-refractivity contribution in [2.24, 2.45) is 5.10 Å². The fourth-order valence-corrected chi connectivity index (χ4v) is 3.14. The molecule has 6 heteroatoms. The van der Waals surface area contributed by atoms with Crippen molar-refractivity contribution in [2.45, 2.75) is 25.9 Å². The summed E-state index contributed by atoms with van der Waals surface area (Å²) in [5.41, 5.74) is 2.03. The zero-order chi connectivity index (χ0) is 17.6. The summed E-state index contributed by atoms with van der Waals surface area (Å²) in [6.07, 6.45) is 0.164. The van der Waals surface area contributed by atoms with Crippen LogP contribution in [0.15, 0.2) is 59.7 Å². The van der Waals surface area contributed by atoms with Gasteiger partial charge < -0.3 is 4.84 Å². The predicted molar refractivity (Wildman–Crippen MR) is 94.4 cm³/mol. The Morgan fingerprint density at radius 1 is 1.12 bits per heavy atom. The van der Waals surface area contributed by atoms with Gasteiger partial charge in [0.2, 0.25) is 5.60 Å². The SMILES string of the molecule is CC1=NN(c2ccccc2)C(=O)C12CC(c1ccc(C)cc1)=[N+]([O-])O2. The van der Waals surface area contributed by atoms with Crippen LogP contribution in [0.25, 0.3) is 0 Å². The van der Waals surface area contributed by atoms with Gasteiger partial charge >= 0.3 is 0 Å². The van der Waals surface area contributed by atoms with Crippen molar-refractivity contribution in [1.82, 2.24) is 0 Å². The topological polar surface area (TPSA) is 68.0 Å². The average molecular weight is 335 g/mol. The first-order chi connectivity index (χ1) is 12.0. The molecular weight excluding hydrogens is 318 g/mol. The van der Waals surface area contributed by atoms with Crippen LogP contribution in [0.1, 0.15) is 24.5 Å². The van der Waals surface area contributed by atoms with Gasteiger partial charge in [-0.15, -0.1) is 0 Å². The normalized spacial score (nSPS) is 22.6. The van der Waals surface area contributed by atoms with Gasteiger partial charge in [0.1, 0.15) is 0 Å². The maximum absolute atomic E-state index is 13.0. The van der Waals surface area contributed by atoms with E-state index in [0.717, 1.165) is 11.1 Å². The molecule has 1 atom stereocenters. The van der Waals surface area contributed by atoms with E-state index in [-0.39, 0.29) is 12.3 Å². The second-order valence-corrected chi connectivity index (χ2v) is 6.30. The van der Waals surface area contributed by atoms with Crippen molar-refractivity contribution in [1.29, 1.82) is 0 Å². The highest BCUT2D eigenvalue weighted by Crippen LogP contribution is 2.36. The quantitative estimate of drug-likeness (QED) is 0.793. The second kappa shape index (κ2) is 5.44. The predicted octanol–water partition coefficient (Wildman–Crippen LogP) is 2.79. The molecular formula is C19H17N3O3. The molecule has 2 heterocycles. The van der Waals surface area contributed by atoms with Crippen LogP contribution in [0.4, 0.5) is 5.69 Å². The molecule has 0 aliphatic carbocycles. The maximum atomic E-state index is 13.0. The third-order valence-corrected chi connectivity index (χ3v) is 4.63. The first-order valence-corrected chi connectivity index (χ1v) is 8.06. The molecule has 0 bridgehead atoms. The Morgan fingerprint density at radius 3 is 2.48 bits per heavy atom. The smallest absolute Gasteiger partial charge is 0.276 e. The van der Waals surface area contributed by atoms with E-state index in [1.54, 1.807) is 19.1 Å². The highest BCUT2D eigenvalue weighted by atomic mass is 16.9. The first-order valence-electron chi connectivity index (χ1n) is 8.06. The summed E-state index contributed by atoms with van der Waals surface area (Å²) in [4.78, 5) is 19.0. The summed E-state index contributed by atoms with van der Waals surface area (Å²) in [5, 5.41) is 18.0. The van der Waals surface area contributed by atoms with Crippen LogP contribution in [0.5, 0.6) is 0 Å². The number of anilines is 1. The van der Waals surface area contributed by atoms with E-state index in [9.17, 15) is 10.0 Å². The van der Waals surface area contributed by atoms with Gasteiger partial charge in [-0.3, -0.25) is 10.0 Å². The highest BCUT2D eigenvalue weighted by molar-refractivity contribution is 6.24. The minimum atomic E-state index is -1.36. The molecule has 126 valence electrons. The van der Waals surface area contributed by atoms with Crippen LogP contribution in [0.3, 0.4) is 0 Å². The molecule has 0 radical (unpaired) electrons. The molecule has 0 fully saturated rings. The van der Waals surface area contributed by atoms with Crippen molar-refractivity contribution in [2.75, 3.05) is 5.01 Å². The summed E-state index contributed by atoms with van der Waals surface area (Å²) >= 11 is 0. The minimum Gasteiger partial charge on any atom is -0.380 e. The van der Waals surface area contributed by atoms with Crippen molar-refractivity contribution in [3.8, 4) is 0 Å². The summed E-state index contributed by atoms with van der Waals surface area (Å²) in [6.45, 7) is 3.69. The van der Waals surface area contributed by atoms with Crippen molar-refractivity contribution < 1.29 is 14.5 Å². The number of carbonyl (C=O) groups is 1. The van der Waals surface area contributed by atoms with E-state index < -0.39 is 5.60 Å². The van der Waals surface area contributed by atoms with Crippen LogP contribution in [0.2, 0.25) is 0 Å². The largest absolute Gasteiger partial charge is 0.380 e. The van der Waals surface area contributed by atoms with Gasteiger partial charge in [-0.05, 0) is 38.1 Å². The average Bonchev–Trinajstić information content (AvgIpc) is 3.09. The lowest BCUT2D eigenvalue weighted by Crippen LogP contribution is -2.46. The Bertz CT molecular complexity index is 903. The second-order valence-electron chi connectivity index (χ2n) is 6.30. The summed E-state index contributed by atoms with van der Waals surface area (Å²) < 4.78 is 0. The monoisotopic (exact) mass is 335 g/mol. The molecule has 2 aliphatic rings. The van der Waals surface area contributed by atoms with Gasteiger partial charge in [0.25, 0.3) is 11.6 Å². The van der Waals surface area contributed by atoms with Crippen LogP contribution in [0, 0.1) is 12.1 Å². The van der Waals surface area contributed by atoms with Crippen LogP contribution >= 0.6 is 0 Å². The Hall–Kier alpha value is -3.15. The van der Waals surface area contributed by atoms with E-state index in [4.69, 9.17) is 4.84 Å². The lowest BCUT2D eigenvalue weighted by Gasteiger charge is -2.23. The molecule has 0 saturated carbocycles. The van der Waals surface area contributed by atoms with Gasteiger partial charge in [-0.25, -0.2) is 0 Å². The lowest BCUT2D eigenvalue weighted by molar-refractivity contribution is -0.742. The Kier molecular flexibility index (Phi) is 3.35. The summed E-state index contributed by atoms with van der Waals surface area (Å²) in [7, 11) is 0. The number of rotatable bonds is 2. The van der Waals surface area contributed by atoms with Gasteiger partial charge in [0.15, 0.2) is 0 Å². The van der Waals surface area contributed by atoms with Gasteiger partial charge in [0, 0.05) is 10.5 Å². The number of carbonyl (C=O) groups excluding carboxylic acids is 1. The molecule has 4 rings (SSSR count). The number of hydrogen-bond acceptors (Lipinski definition) is 4. The van der Waals surface area contributed by atoms with E-state index in [2.05, 4.69) is 5.10 Å². The van der Waals surface area contributed by atoms with Gasteiger partial charge in [0.05, 0.1) is 17.8 Å². The zero-order valence-electron chi connectivity index (χ0n) is 14.0. The standard InChI is InChI=1S/C19H17N3O3/c1-13-8-10-15(11-9-13)17-12-19(25-22(17)24)14(2)20-21(18(19)23)16-6-4-3-5-7-16/h3-11H,12H2,1-2H3. The number of aryl methyl sites for hydroxylation is 1. The zero-order valence-corrected chi connectivity index (χ0v) is 14.0. The molecule has 2 aromatic rings. The highest BCUT2D eigenvalue weighted by Gasteiger charge is 2.56. The first kappa shape index (κ1) is 15.4. The summed E-state index contributed by atoms with van der Waals surface area (Å²) in [6, 6.07) is 16.7. The van der Waals surface area contributed by atoms with Crippen molar-refractivity contribution in [3.05, 3.63) is 70.9 Å². The molecule has 0 saturated heterocycles. The van der Waals surface area contributed by atoms with Crippen LogP contribution in [-0.4, -0.2) is 27.8 Å². The molecule has 0 N–H and O–H groups in total. The van der Waals surface area contributed by atoms with Crippen LogP contribution in [-0.2, 0) is 9.63 Å². The van der Waals surface area contributed by atoms with E-state index >= 15 is 0 Å². The molecule has 6 nitrogen and oxygen atoms in total. The number of hydrazone groups is 1. The fraction of sp³-hybridized carbons (Fsp3) is 0.211. The third-order valence-electron chi connectivity index (χ3n) is 4.63. The van der Waals surface area contributed by atoms with Crippen molar-refractivity contribution in [3.63, 3.8) is 0 Å². The molecule has 25 heavy (non-hydrogen) atoms. The molecule has 2 aliphatic heterocycles. The minimum absolute atomic E-state index is 0.164. The van der Waals surface area contributed by atoms with E-state index in [1.165, 1.54) is 5.01 Å². The molecule has 1 spiro atoms. The summed E-state index contributed by atoms with van der Waals surface area (Å²) in [5.74, 6) is -0.348. The number of amides is 1. The Labute approximate surface area is 145 Å². The molecule has 0 aromatic heterocycles.